The van der Waals surface area contributed by atoms with Crippen molar-refractivity contribution < 1.29 is 9.59 Å². The maximum atomic E-state index is 11.9. The molecule has 0 spiro atoms. The lowest BCUT2D eigenvalue weighted by molar-refractivity contribution is -0.133. The summed E-state index contributed by atoms with van der Waals surface area (Å²) in [6.45, 7) is 3.83. The molecule has 0 fully saturated rings. The summed E-state index contributed by atoms with van der Waals surface area (Å²) < 4.78 is 0. The summed E-state index contributed by atoms with van der Waals surface area (Å²) in [4.78, 5) is 25.1. The lowest BCUT2D eigenvalue weighted by atomic mass is 10.1. The zero-order chi connectivity index (χ0) is 15.1. The highest BCUT2D eigenvalue weighted by Gasteiger charge is 2.14. The van der Waals surface area contributed by atoms with Gasteiger partial charge in [-0.3, -0.25) is 9.59 Å². The zero-order valence-corrected chi connectivity index (χ0v) is 12.3. The molecule has 5 nitrogen and oxygen atoms in total. The topological polar surface area (TPSA) is 75.4 Å². The number of anilines is 1. The normalized spacial score (nSPS) is 11.8. The molecule has 0 heterocycles. The van der Waals surface area contributed by atoms with Crippen LogP contribution in [0.5, 0.6) is 0 Å². The number of hydrogen-bond donors (Lipinski definition) is 2. The Morgan fingerprint density at radius 3 is 2.60 bits per heavy atom. The number of para-hydroxylation sites is 1. The minimum absolute atomic E-state index is 0.0314. The second kappa shape index (κ2) is 7.65. The van der Waals surface area contributed by atoms with Crippen molar-refractivity contribution in [2.24, 2.45) is 5.73 Å². The molecule has 1 aromatic rings. The SMILES string of the molecule is CCc1ccccc1NC(=O)CN(C)C(=O)CC(C)N. The summed E-state index contributed by atoms with van der Waals surface area (Å²) in [5.74, 6) is -0.328. The summed E-state index contributed by atoms with van der Waals surface area (Å²) in [5, 5.41) is 2.84. The molecule has 110 valence electrons. The van der Waals surface area contributed by atoms with Crippen LogP contribution in [0.2, 0.25) is 0 Å². The molecule has 0 aromatic heterocycles. The van der Waals surface area contributed by atoms with Crippen LogP contribution in [0.1, 0.15) is 25.8 Å². The first kappa shape index (κ1) is 16.2. The monoisotopic (exact) mass is 277 g/mol. The number of nitrogens with two attached hydrogens (primary N) is 1. The van der Waals surface area contributed by atoms with Crippen molar-refractivity contribution in [1.82, 2.24) is 4.90 Å². The van der Waals surface area contributed by atoms with Gasteiger partial charge in [0.05, 0.1) is 6.54 Å². The summed E-state index contributed by atoms with van der Waals surface area (Å²) in [7, 11) is 1.61. The molecular weight excluding hydrogens is 254 g/mol. The van der Waals surface area contributed by atoms with E-state index < -0.39 is 0 Å². The van der Waals surface area contributed by atoms with Crippen LogP contribution in [0.3, 0.4) is 0 Å². The fraction of sp³-hybridized carbons (Fsp3) is 0.467. The third-order valence-electron chi connectivity index (χ3n) is 2.98. The number of carbonyl (C=O) groups is 2. The Balaban J connectivity index is 2.57. The van der Waals surface area contributed by atoms with Crippen molar-refractivity contribution in [2.45, 2.75) is 32.7 Å². The van der Waals surface area contributed by atoms with E-state index in [2.05, 4.69) is 5.32 Å². The molecule has 0 aliphatic rings. The van der Waals surface area contributed by atoms with E-state index in [9.17, 15) is 9.59 Å². The summed E-state index contributed by atoms with van der Waals surface area (Å²) in [5.41, 5.74) is 7.45. The van der Waals surface area contributed by atoms with Crippen LogP contribution < -0.4 is 11.1 Å². The highest BCUT2D eigenvalue weighted by Crippen LogP contribution is 2.15. The number of nitrogens with one attached hydrogen (secondary N) is 1. The molecule has 1 unspecified atom stereocenters. The van der Waals surface area contributed by atoms with Crippen molar-refractivity contribution in [3.05, 3.63) is 29.8 Å². The quantitative estimate of drug-likeness (QED) is 0.825. The van der Waals surface area contributed by atoms with Crippen LogP contribution >= 0.6 is 0 Å². The van der Waals surface area contributed by atoms with E-state index in [0.29, 0.717) is 0 Å². The Kier molecular flexibility index (Phi) is 6.18. The summed E-state index contributed by atoms with van der Waals surface area (Å²) >= 11 is 0. The fourth-order valence-corrected chi connectivity index (χ4v) is 1.88. The largest absolute Gasteiger partial charge is 0.336 e. The van der Waals surface area contributed by atoms with Gasteiger partial charge in [-0.2, -0.15) is 0 Å². The highest BCUT2D eigenvalue weighted by atomic mass is 16.2. The fourth-order valence-electron chi connectivity index (χ4n) is 1.88. The van der Waals surface area contributed by atoms with Gasteiger partial charge in [0.1, 0.15) is 0 Å². The van der Waals surface area contributed by atoms with Crippen LogP contribution in [0.15, 0.2) is 24.3 Å². The molecule has 2 amide bonds. The molecule has 0 radical (unpaired) electrons. The maximum Gasteiger partial charge on any atom is 0.243 e. The van der Waals surface area contributed by atoms with Gasteiger partial charge >= 0.3 is 0 Å². The number of carbonyl (C=O) groups excluding carboxylic acids is 2. The van der Waals surface area contributed by atoms with E-state index in [1.54, 1.807) is 14.0 Å². The second-order valence-corrected chi connectivity index (χ2v) is 4.99. The Morgan fingerprint density at radius 1 is 1.35 bits per heavy atom. The molecule has 1 aromatic carbocycles. The van der Waals surface area contributed by atoms with Gasteiger partial charge in [-0.05, 0) is 25.0 Å². The number of amides is 2. The van der Waals surface area contributed by atoms with Gasteiger partial charge in [0.25, 0.3) is 0 Å². The highest BCUT2D eigenvalue weighted by molar-refractivity contribution is 5.95. The molecule has 20 heavy (non-hydrogen) atoms. The summed E-state index contributed by atoms with van der Waals surface area (Å²) in [6, 6.07) is 7.45. The first-order valence-electron chi connectivity index (χ1n) is 6.81. The van der Waals surface area contributed by atoms with Crippen LogP contribution in [0.4, 0.5) is 5.69 Å². The molecule has 0 bridgehead atoms. The standard InChI is InChI=1S/C15H23N3O2/c1-4-12-7-5-6-8-13(12)17-14(19)10-18(3)15(20)9-11(2)16/h5-8,11H,4,9-10,16H2,1-3H3,(H,17,19). The van der Waals surface area contributed by atoms with Gasteiger partial charge in [-0.15, -0.1) is 0 Å². The average molecular weight is 277 g/mol. The number of rotatable bonds is 6. The van der Waals surface area contributed by atoms with E-state index in [-0.39, 0.29) is 30.8 Å². The number of hydrogen-bond acceptors (Lipinski definition) is 3. The number of nitrogens with zero attached hydrogens (tertiary/aromatic N) is 1. The zero-order valence-electron chi connectivity index (χ0n) is 12.3. The Bertz CT molecular complexity index is 472. The van der Waals surface area contributed by atoms with Gasteiger partial charge in [-0.25, -0.2) is 0 Å². The van der Waals surface area contributed by atoms with Crippen molar-refractivity contribution in [3.8, 4) is 0 Å². The number of benzene rings is 1. The Hall–Kier alpha value is -1.88. The minimum atomic E-state index is -0.202. The van der Waals surface area contributed by atoms with Crippen LogP contribution in [0.25, 0.3) is 0 Å². The third kappa shape index (κ3) is 5.01. The Morgan fingerprint density at radius 2 is 2.00 bits per heavy atom. The Labute approximate surface area is 120 Å². The average Bonchev–Trinajstić information content (AvgIpc) is 2.38. The van der Waals surface area contributed by atoms with E-state index in [0.717, 1.165) is 17.7 Å². The van der Waals surface area contributed by atoms with Crippen molar-refractivity contribution in [3.63, 3.8) is 0 Å². The lowest BCUT2D eigenvalue weighted by Gasteiger charge is -2.18. The summed E-state index contributed by atoms with van der Waals surface area (Å²) in [6.07, 6.45) is 1.09. The van der Waals surface area contributed by atoms with Gasteiger partial charge in [0, 0.05) is 25.2 Å². The molecule has 0 saturated carbocycles. The number of likely N-dealkylation sites (N-methyl/N-ethyl adjacent to an activating group) is 1. The smallest absolute Gasteiger partial charge is 0.243 e. The first-order chi connectivity index (χ1) is 9.43. The molecule has 0 saturated heterocycles. The van der Waals surface area contributed by atoms with Gasteiger partial charge in [0.2, 0.25) is 11.8 Å². The van der Waals surface area contributed by atoms with E-state index >= 15 is 0 Å². The van der Waals surface area contributed by atoms with E-state index in [4.69, 9.17) is 5.73 Å². The van der Waals surface area contributed by atoms with E-state index in [1.165, 1.54) is 4.90 Å². The van der Waals surface area contributed by atoms with Crippen LogP contribution in [0, 0.1) is 0 Å². The molecule has 5 heteroatoms. The van der Waals surface area contributed by atoms with Crippen molar-refractivity contribution >= 4 is 17.5 Å². The molecule has 1 atom stereocenters. The maximum absolute atomic E-state index is 11.9. The first-order valence-corrected chi connectivity index (χ1v) is 6.81. The lowest BCUT2D eigenvalue weighted by Crippen LogP contribution is -2.37. The number of aryl methyl sites for hydroxylation is 1. The molecule has 0 aliphatic carbocycles. The van der Waals surface area contributed by atoms with Crippen molar-refractivity contribution in [2.75, 3.05) is 18.9 Å². The van der Waals surface area contributed by atoms with Crippen LogP contribution in [-0.2, 0) is 16.0 Å². The molecule has 3 N–H and O–H groups in total. The van der Waals surface area contributed by atoms with E-state index in [1.807, 2.05) is 31.2 Å². The molecule has 0 aliphatic heterocycles. The predicted molar refractivity (Wildman–Crippen MR) is 80.4 cm³/mol. The van der Waals surface area contributed by atoms with Crippen LogP contribution in [-0.4, -0.2) is 36.3 Å². The molecule has 1 rings (SSSR count). The predicted octanol–water partition coefficient (Wildman–Crippen LogP) is 1.38. The molecular formula is C15H23N3O2. The van der Waals surface area contributed by atoms with Crippen molar-refractivity contribution in [1.29, 1.82) is 0 Å². The second-order valence-electron chi connectivity index (χ2n) is 4.99. The van der Waals surface area contributed by atoms with Gasteiger partial charge < -0.3 is 16.0 Å². The van der Waals surface area contributed by atoms with Gasteiger partial charge in [0.15, 0.2) is 0 Å². The minimum Gasteiger partial charge on any atom is -0.336 e. The third-order valence-corrected chi connectivity index (χ3v) is 2.98. The van der Waals surface area contributed by atoms with Gasteiger partial charge in [-0.1, -0.05) is 25.1 Å².